The lowest BCUT2D eigenvalue weighted by Crippen LogP contribution is -2.14. The fourth-order valence-electron chi connectivity index (χ4n) is 4.11. The number of benzene rings is 4. The van der Waals surface area contributed by atoms with Gasteiger partial charge in [-0.3, -0.25) is 10.1 Å². The smallest absolute Gasteiger partial charge is 0.258 e. The summed E-state index contributed by atoms with van der Waals surface area (Å²) >= 11 is 0. The highest BCUT2D eigenvalue weighted by atomic mass is 16.6. The van der Waals surface area contributed by atoms with Crippen LogP contribution in [0.3, 0.4) is 0 Å². The topological polar surface area (TPSA) is 43.1 Å². The van der Waals surface area contributed by atoms with Crippen molar-refractivity contribution in [2.45, 2.75) is 40.0 Å². The summed E-state index contributed by atoms with van der Waals surface area (Å²) in [7, 11) is 0. The maximum absolute atomic E-state index is 12.0. The molecule has 0 bridgehead atoms. The Morgan fingerprint density at radius 3 is 1.96 bits per heavy atom. The third kappa shape index (κ3) is 2.12. The van der Waals surface area contributed by atoms with E-state index in [-0.39, 0.29) is 16.0 Å². The van der Waals surface area contributed by atoms with Crippen LogP contribution in [0.15, 0.2) is 36.4 Å². The molecule has 0 amide bonds. The standard InChI is InChI=1S/C22H21NO2/c1-12-10-13(2)16-8-9-17-19-14(6-7-15(12)20(16)19)11-18(22(3,4)5)21(17)23(24)25/h6-11H,1-5H3. The molecule has 0 aromatic heterocycles. The SMILES string of the molecule is Cc1cc(C)c2ccc3c([N+](=O)[O-])c(C(C)(C)C)cc4ccc1c2c43. The first-order chi connectivity index (χ1) is 11.7. The molecule has 0 spiro atoms. The summed E-state index contributed by atoms with van der Waals surface area (Å²) in [5, 5.41) is 18.3. The van der Waals surface area contributed by atoms with Gasteiger partial charge < -0.3 is 0 Å². The maximum Gasteiger partial charge on any atom is 0.280 e. The Balaban J connectivity index is 2.35. The van der Waals surface area contributed by atoms with Gasteiger partial charge in [-0.05, 0) is 64.1 Å². The molecular formula is C22H21NO2. The van der Waals surface area contributed by atoms with Crippen molar-refractivity contribution in [2.24, 2.45) is 0 Å². The van der Waals surface area contributed by atoms with Gasteiger partial charge in [0.25, 0.3) is 5.69 Å². The zero-order valence-electron chi connectivity index (χ0n) is 15.2. The molecule has 0 fully saturated rings. The molecule has 0 aliphatic rings. The summed E-state index contributed by atoms with van der Waals surface area (Å²) in [4.78, 5) is 11.7. The molecule has 4 aromatic rings. The van der Waals surface area contributed by atoms with E-state index in [1.807, 2.05) is 39.0 Å². The second kappa shape index (κ2) is 4.92. The lowest BCUT2D eigenvalue weighted by Gasteiger charge is -2.22. The first-order valence-electron chi connectivity index (χ1n) is 8.56. The zero-order valence-corrected chi connectivity index (χ0v) is 15.2. The van der Waals surface area contributed by atoms with Crippen LogP contribution in [0.2, 0.25) is 0 Å². The third-order valence-electron chi connectivity index (χ3n) is 5.28. The highest BCUT2D eigenvalue weighted by Gasteiger charge is 2.29. The highest BCUT2D eigenvalue weighted by molar-refractivity contribution is 6.26. The number of hydrogen-bond donors (Lipinski definition) is 0. The molecule has 25 heavy (non-hydrogen) atoms. The Morgan fingerprint density at radius 1 is 0.840 bits per heavy atom. The lowest BCUT2D eigenvalue weighted by atomic mass is 9.81. The zero-order chi connectivity index (χ0) is 18.1. The maximum atomic E-state index is 12.0. The Kier molecular flexibility index (Phi) is 3.11. The summed E-state index contributed by atoms with van der Waals surface area (Å²) in [5.74, 6) is 0. The summed E-state index contributed by atoms with van der Waals surface area (Å²) in [6, 6.07) is 12.4. The van der Waals surface area contributed by atoms with Crippen LogP contribution in [0.1, 0.15) is 37.5 Å². The van der Waals surface area contributed by atoms with E-state index in [2.05, 4.69) is 32.0 Å². The van der Waals surface area contributed by atoms with E-state index >= 15 is 0 Å². The number of aryl methyl sites for hydroxylation is 2. The molecule has 0 N–H and O–H groups in total. The Hall–Kier alpha value is -2.68. The average Bonchev–Trinajstić information content (AvgIpc) is 2.52. The van der Waals surface area contributed by atoms with Gasteiger partial charge >= 0.3 is 0 Å². The van der Waals surface area contributed by atoms with E-state index in [0.717, 1.165) is 27.1 Å². The van der Waals surface area contributed by atoms with Crippen molar-refractivity contribution in [3.8, 4) is 0 Å². The molecule has 0 atom stereocenters. The van der Waals surface area contributed by atoms with Crippen molar-refractivity contribution >= 4 is 38.0 Å². The van der Waals surface area contributed by atoms with Crippen molar-refractivity contribution in [2.75, 3.05) is 0 Å². The van der Waals surface area contributed by atoms with Crippen molar-refractivity contribution in [3.05, 3.63) is 63.2 Å². The molecule has 4 aromatic carbocycles. The molecule has 0 aliphatic carbocycles. The van der Waals surface area contributed by atoms with Gasteiger partial charge in [0.15, 0.2) is 0 Å². The minimum atomic E-state index is -0.293. The third-order valence-corrected chi connectivity index (χ3v) is 5.28. The monoisotopic (exact) mass is 331 g/mol. The minimum absolute atomic E-state index is 0.216. The molecule has 0 heterocycles. The van der Waals surface area contributed by atoms with E-state index in [4.69, 9.17) is 0 Å². The summed E-state index contributed by atoms with van der Waals surface area (Å²) in [6.45, 7) is 10.3. The second-order valence-corrected chi connectivity index (χ2v) is 8.04. The van der Waals surface area contributed by atoms with Crippen LogP contribution in [0.25, 0.3) is 32.3 Å². The van der Waals surface area contributed by atoms with Gasteiger partial charge in [-0.15, -0.1) is 0 Å². The normalized spacial score (nSPS) is 12.5. The second-order valence-electron chi connectivity index (χ2n) is 8.04. The van der Waals surface area contributed by atoms with E-state index in [1.165, 1.54) is 21.9 Å². The molecule has 126 valence electrons. The van der Waals surface area contributed by atoms with Crippen LogP contribution in [-0.4, -0.2) is 4.92 Å². The van der Waals surface area contributed by atoms with Crippen molar-refractivity contribution < 1.29 is 4.92 Å². The number of hydrogen-bond acceptors (Lipinski definition) is 2. The van der Waals surface area contributed by atoms with Crippen molar-refractivity contribution in [3.63, 3.8) is 0 Å². The van der Waals surface area contributed by atoms with Gasteiger partial charge in [0.05, 0.1) is 10.3 Å². The van der Waals surface area contributed by atoms with E-state index in [9.17, 15) is 10.1 Å². The fourth-order valence-corrected chi connectivity index (χ4v) is 4.11. The Morgan fingerprint density at radius 2 is 1.40 bits per heavy atom. The predicted octanol–water partition coefficient (Wildman–Crippen LogP) is 6.41. The summed E-state index contributed by atoms with van der Waals surface area (Å²) in [5.41, 5.74) is 3.16. The first-order valence-corrected chi connectivity index (χ1v) is 8.56. The predicted molar refractivity (Wildman–Crippen MR) is 105 cm³/mol. The van der Waals surface area contributed by atoms with Gasteiger partial charge in [-0.25, -0.2) is 0 Å². The number of nitro groups is 1. The molecule has 0 saturated carbocycles. The van der Waals surface area contributed by atoms with Crippen LogP contribution in [0, 0.1) is 24.0 Å². The number of nitro benzene ring substituents is 1. The van der Waals surface area contributed by atoms with Crippen LogP contribution in [0.5, 0.6) is 0 Å². The Labute approximate surface area is 146 Å². The van der Waals surface area contributed by atoms with Gasteiger partial charge in [-0.2, -0.15) is 0 Å². The quantitative estimate of drug-likeness (QED) is 0.230. The molecule has 3 heteroatoms. The van der Waals surface area contributed by atoms with E-state index in [1.54, 1.807) is 0 Å². The van der Waals surface area contributed by atoms with Gasteiger partial charge in [-0.1, -0.05) is 45.0 Å². The number of nitrogens with zero attached hydrogens (tertiary/aromatic N) is 1. The molecule has 0 saturated heterocycles. The van der Waals surface area contributed by atoms with Crippen molar-refractivity contribution in [1.82, 2.24) is 0 Å². The fraction of sp³-hybridized carbons (Fsp3) is 0.273. The van der Waals surface area contributed by atoms with Crippen LogP contribution >= 0.6 is 0 Å². The molecule has 0 aliphatic heterocycles. The van der Waals surface area contributed by atoms with Gasteiger partial charge in [0.1, 0.15) is 0 Å². The average molecular weight is 331 g/mol. The van der Waals surface area contributed by atoms with Crippen LogP contribution in [-0.2, 0) is 5.41 Å². The molecule has 0 radical (unpaired) electrons. The van der Waals surface area contributed by atoms with E-state index in [0.29, 0.717) is 0 Å². The first kappa shape index (κ1) is 15.8. The molecule has 0 unspecified atom stereocenters. The lowest BCUT2D eigenvalue weighted by molar-refractivity contribution is -0.384. The summed E-state index contributed by atoms with van der Waals surface area (Å²) < 4.78 is 0. The number of rotatable bonds is 1. The van der Waals surface area contributed by atoms with E-state index < -0.39 is 0 Å². The highest BCUT2D eigenvalue weighted by Crippen LogP contribution is 2.44. The van der Waals surface area contributed by atoms with Crippen LogP contribution < -0.4 is 0 Å². The molecule has 4 rings (SSSR count). The van der Waals surface area contributed by atoms with Gasteiger partial charge in [0, 0.05) is 10.9 Å². The van der Waals surface area contributed by atoms with Crippen molar-refractivity contribution in [1.29, 1.82) is 0 Å². The summed E-state index contributed by atoms with van der Waals surface area (Å²) in [6.07, 6.45) is 0. The Bertz CT molecular complexity index is 1140. The van der Waals surface area contributed by atoms with Gasteiger partial charge in [0.2, 0.25) is 0 Å². The molecule has 3 nitrogen and oxygen atoms in total. The minimum Gasteiger partial charge on any atom is -0.258 e. The van der Waals surface area contributed by atoms with Crippen LogP contribution in [0.4, 0.5) is 5.69 Å². The largest absolute Gasteiger partial charge is 0.280 e. The molecular weight excluding hydrogens is 310 g/mol.